The average molecular weight is 472 g/mol. The second kappa shape index (κ2) is 10.2. The van der Waals surface area contributed by atoms with Gasteiger partial charge in [-0.25, -0.2) is 0 Å². The van der Waals surface area contributed by atoms with Crippen LogP contribution in [0.2, 0.25) is 0 Å². The molecule has 7 heteroatoms. The number of aromatic nitrogens is 4. The van der Waals surface area contributed by atoms with Crippen molar-refractivity contribution in [1.82, 2.24) is 24.9 Å². The van der Waals surface area contributed by atoms with E-state index in [9.17, 15) is 5.26 Å². The zero-order chi connectivity index (χ0) is 24.4. The number of fused-ring (bicyclic) bond motifs is 1. The molecule has 1 fully saturated rings. The molecular weight excluding hydrogens is 434 g/mol. The maximum atomic E-state index is 10.1. The largest absolute Gasteiger partial charge is 0.324 e. The Labute approximate surface area is 208 Å². The summed E-state index contributed by atoms with van der Waals surface area (Å²) in [4.78, 5) is 2.39. The van der Waals surface area contributed by atoms with Crippen molar-refractivity contribution in [2.24, 2.45) is 7.05 Å². The molecule has 7 nitrogen and oxygen atoms in total. The van der Waals surface area contributed by atoms with Gasteiger partial charge in [-0.05, 0) is 43.4 Å². The molecule has 0 bridgehead atoms. The van der Waals surface area contributed by atoms with Crippen LogP contribution in [0.25, 0.3) is 11.1 Å². The van der Waals surface area contributed by atoms with Crippen LogP contribution in [0.5, 0.6) is 0 Å². The highest BCUT2D eigenvalue weighted by Gasteiger charge is 2.29. The Kier molecular flexibility index (Phi) is 6.92. The van der Waals surface area contributed by atoms with Crippen molar-refractivity contribution in [3.63, 3.8) is 0 Å². The first kappa shape index (κ1) is 23.6. The van der Waals surface area contributed by atoms with E-state index < -0.39 is 0 Å². The van der Waals surface area contributed by atoms with Gasteiger partial charge in [-0.1, -0.05) is 33.1 Å². The van der Waals surface area contributed by atoms with E-state index in [-0.39, 0.29) is 0 Å². The third-order valence-corrected chi connectivity index (χ3v) is 7.59. The average Bonchev–Trinajstić information content (AvgIpc) is 3.51. The minimum Gasteiger partial charge on any atom is -0.324 e. The first-order valence-corrected chi connectivity index (χ1v) is 13.3. The maximum absolute atomic E-state index is 10.1. The summed E-state index contributed by atoms with van der Waals surface area (Å²) in [6, 6.07) is 7.25. The summed E-state index contributed by atoms with van der Waals surface area (Å²) in [6.45, 7) is 7.16. The molecule has 0 amide bonds. The van der Waals surface area contributed by atoms with Crippen LogP contribution in [0.15, 0.2) is 24.5 Å². The van der Waals surface area contributed by atoms with Crippen molar-refractivity contribution < 1.29 is 0 Å². The molecule has 0 atom stereocenters. The van der Waals surface area contributed by atoms with Gasteiger partial charge in [0.2, 0.25) is 0 Å². The Bertz CT molecular complexity index is 1220. The standard InChI is InChI=1S/C28H37N7/c1-4-13-34(27-15-21(16-29)24(14-20(27)5-2)22-17-31-33(3)19-22)28-25-18-30-12-11-26(25)35(32-28)23-9-7-6-8-10-23/h14-15,17,19,23,30H,4-13,18H2,1-3H3. The fourth-order valence-electron chi connectivity index (χ4n) is 5.82. The van der Waals surface area contributed by atoms with Gasteiger partial charge in [0.25, 0.3) is 0 Å². The number of hydrogen-bond acceptors (Lipinski definition) is 5. The molecule has 3 aromatic rings. The van der Waals surface area contributed by atoms with Crippen molar-refractivity contribution in [1.29, 1.82) is 5.26 Å². The molecule has 1 aromatic carbocycles. The SMILES string of the molecule is CCCN(c1cc(C#N)c(-c2cnn(C)c2)cc1CC)c1nn(C2CCCCC2)c2c1CNCC2. The van der Waals surface area contributed by atoms with E-state index in [1.807, 2.05) is 19.4 Å². The number of hydrogen-bond donors (Lipinski definition) is 1. The first-order valence-electron chi connectivity index (χ1n) is 13.3. The Morgan fingerprint density at radius 2 is 2.03 bits per heavy atom. The van der Waals surface area contributed by atoms with Crippen molar-refractivity contribution in [2.75, 3.05) is 18.0 Å². The zero-order valence-corrected chi connectivity index (χ0v) is 21.3. The predicted molar refractivity (Wildman–Crippen MR) is 140 cm³/mol. The molecule has 5 rings (SSSR count). The van der Waals surface area contributed by atoms with Crippen LogP contribution < -0.4 is 10.2 Å². The molecule has 1 N–H and O–H groups in total. The van der Waals surface area contributed by atoms with Gasteiger partial charge >= 0.3 is 0 Å². The van der Waals surface area contributed by atoms with Crippen molar-refractivity contribution in [3.05, 3.63) is 46.9 Å². The van der Waals surface area contributed by atoms with Gasteiger partial charge in [-0.2, -0.15) is 15.5 Å². The lowest BCUT2D eigenvalue weighted by Gasteiger charge is -2.27. The Hall–Kier alpha value is -3.11. The number of nitrogens with one attached hydrogen (secondary N) is 1. The maximum Gasteiger partial charge on any atom is 0.159 e. The third kappa shape index (κ3) is 4.48. The summed E-state index contributed by atoms with van der Waals surface area (Å²) < 4.78 is 4.17. The number of anilines is 2. The van der Waals surface area contributed by atoms with Gasteiger partial charge < -0.3 is 10.2 Å². The van der Waals surface area contributed by atoms with E-state index in [1.165, 1.54) is 48.9 Å². The number of benzene rings is 1. The van der Waals surface area contributed by atoms with Gasteiger partial charge in [-0.15, -0.1) is 0 Å². The highest BCUT2D eigenvalue weighted by atomic mass is 15.4. The normalized spacial score (nSPS) is 16.2. The highest BCUT2D eigenvalue weighted by molar-refractivity contribution is 5.78. The lowest BCUT2D eigenvalue weighted by atomic mass is 9.95. The topological polar surface area (TPSA) is 74.7 Å². The van der Waals surface area contributed by atoms with Crippen LogP contribution in [-0.4, -0.2) is 32.7 Å². The summed E-state index contributed by atoms with van der Waals surface area (Å²) in [5.74, 6) is 1.08. The molecule has 0 spiro atoms. The van der Waals surface area contributed by atoms with Gasteiger partial charge in [0, 0.05) is 67.4 Å². The van der Waals surface area contributed by atoms with Crippen LogP contribution in [0.4, 0.5) is 11.5 Å². The van der Waals surface area contributed by atoms with Gasteiger partial charge in [0.05, 0.1) is 23.9 Å². The monoisotopic (exact) mass is 471 g/mol. The molecular formula is C28H37N7. The number of nitrogens with zero attached hydrogens (tertiary/aromatic N) is 6. The van der Waals surface area contributed by atoms with E-state index >= 15 is 0 Å². The van der Waals surface area contributed by atoms with E-state index in [1.54, 1.807) is 4.68 Å². The van der Waals surface area contributed by atoms with Gasteiger partial charge in [0.1, 0.15) is 0 Å². The van der Waals surface area contributed by atoms with Crippen molar-refractivity contribution in [3.8, 4) is 17.2 Å². The molecule has 2 aromatic heterocycles. The highest BCUT2D eigenvalue weighted by Crippen LogP contribution is 2.39. The zero-order valence-electron chi connectivity index (χ0n) is 21.3. The van der Waals surface area contributed by atoms with Crippen LogP contribution in [0.3, 0.4) is 0 Å². The molecule has 3 heterocycles. The molecule has 35 heavy (non-hydrogen) atoms. The van der Waals surface area contributed by atoms with Crippen molar-refractivity contribution >= 4 is 11.5 Å². The Balaban J connectivity index is 1.64. The van der Waals surface area contributed by atoms with Crippen LogP contribution in [0, 0.1) is 11.3 Å². The van der Waals surface area contributed by atoms with Gasteiger partial charge in [0.15, 0.2) is 5.82 Å². The fourth-order valence-corrected chi connectivity index (χ4v) is 5.82. The molecule has 1 aliphatic heterocycles. The van der Waals surface area contributed by atoms with E-state index in [2.05, 4.69) is 52.0 Å². The minimum absolute atomic E-state index is 0.515. The van der Waals surface area contributed by atoms with Crippen LogP contribution >= 0.6 is 0 Å². The predicted octanol–water partition coefficient (Wildman–Crippen LogP) is 5.42. The molecule has 184 valence electrons. The summed E-state index contributed by atoms with van der Waals surface area (Å²) in [6.07, 6.45) is 13.1. The number of nitriles is 1. The first-order chi connectivity index (χ1) is 17.1. The van der Waals surface area contributed by atoms with E-state index in [0.29, 0.717) is 11.6 Å². The molecule has 1 aliphatic carbocycles. The fraction of sp³-hybridized carbons (Fsp3) is 0.536. The summed E-state index contributed by atoms with van der Waals surface area (Å²) in [5.41, 5.74) is 7.72. The molecule has 0 saturated heterocycles. The Morgan fingerprint density at radius 3 is 2.71 bits per heavy atom. The number of aryl methyl sites for hydroxylation is 2. The second-order valence-corrected chi connectivity index (χ2v) is 9.96. The smallest absolute Gasteiger partial charge is 0.159 e. The summed E-state index contributed by atoms with van der Waals surface area (Å²) in [5, 5.41) is 23.3. The third-order valence-electron chi connectivity index (χ3n) is 7.59. The lowest BCUT2D eigenvalue weighted by Crippen LogP contribution is -2.27. The van der Waals surface area contributed by atoms with Crippen LogP contribution in [-0.2, 0) is 26.4 Å². The summed E-state index contributed by atoms with van der Waals surface area (Å²) in [7, 11) is 1.91. The number of rotatable bonds is 7. The molecule has 0 radical (unpaired) electrons. The Morgan fingerprint density at radius 1 is 1.20 bits per heavy atom. The van der Waals surface area contributed by atoms with E-state index in [0.717, 1.165) is 61.5 Å². The van der Waals surface area contributed by atoms with Gasteiger partial charge in [-0.3, -0.25) is 9.36 Å². The van der Waals surface area contributed by atoms with Crippen LogP contribution in [0.1, 0.15) is 80.8 Å². The van der Waals surface area contributed by atoms with Crippen molar-refractivity contribution in [2.45, 2.75) is 77.8 Å². The molecule has 0 unspecified atom stereocenters. The van der Waals surface area contributed by atoms with E-state index in [4.69, 9.17) is 5.10 Å². The minimum atomic E-state index is 0.515. The molecule has 2 aliphatic rings. The quantitative estimate of drug-likeness (QED) is 0.498. The molecule has 1 saturated carbocycles. The second-order valence-electron chi connectivity index (χ2n) is 9.96. The summed E-state index contributed by atoms with van der Waals surface area (Å²) >= 11 is 0. The lowest BCUT2D eigenvalue weighted by molar-refractivity contribution is 0.320.